The maximum absolute atomic E-state index is 12.2. The molecule has 1 fully saturated rings. The number of hydrogen-bond acceptors (Lipinski definition) is 6. The van der Waals surface area contributed by atoms with Gasteiger partial charge in [0.05, 0.1) is 10.3 Å². The number of hydrogen-bond donors (Lipinski definition) is 1. The summed E-state index contributed by atoms with van der Waals surface area (Å²) in [6.45, 7) is 4.19. The van der Waals surface area contributed by atoms with Crippen LogP contribution in [0.2, 0.25) is 0 Å². The maximum Gasteiger partial charge on any atom is 0.278 e. The van der Waals surface area contributed by atoms with Gasteiger partial charge in [-0.1, -0.05) is 0 Å². The smallest absolute Gasteiger partial charge is 0.278 e. The van der Waals surface area contributed by atoms with E-state index in [4.69, 9.17) is 0 Å². The number of nitrogens with zero attached hydrogens (tertiary/aromatic N) is 4. The van der Waals surface area contributed by atoms with Crippen molar-refractivity contribution in [2.24, 2.45) is 0 Å². The molecule has 0 atom stereocenters. The average molecular weight is 371 g/mol. The number of nitrogens with one attached hydrogen (secondary N) is 1. The van der Waals surface area contributed by atoms with E-state index >= 15 is 0 Å². The minimum atomic E-state index is -0.403. The molecule has 1 N–H and O–H groups in total. The number of carbonyl (C=O) groups excluding carboxylic acids is 2. The number of rotatable bonds is 5. The summed E-state index contributed by atoms with van der Waals surface area (Å²) in [6, 6.07) is 5.04. The Labute approximate surface area is 156 Å². The van der Waals surface area contributed by atoms with Crippen LogP contribution in [-0.2, 0) is 9.59 Å². The normalized spacial score (nSPS) is 14.3. The van der Waals surface area contributed by atoms with E-state index in [0.29, 0.717) is 38.1 Å². The molecule has 142 valence electrons. The highest BCUT2D eigenvalue weighted by Crippen LogP contribution is 2.33. The highest BCUT2D eigenvalue weighted by molar-refractivity contribution is 5.99. The van der Waals surface area contributed by atoms with E-state index < -0.39 is 4.92 Å². The molecule has 0 saturated carbocycles. The lowest BCUT2D eigenvalue weighted by Gasteiger charge is -2.36. The summed E-state index contributed by atoms with van der Waals surface area (Å²) in [7, 11) is 0. The van der Waals surface area contributed by atoms with E-state index in [-0.39, 0.29) is 23.9 Å². The first-order valence-corrected chi connectivity index (χ1v) is 8.75. The highest BCUT2D eigenvalue weighted by Gasteiger charge is 2.23. The summed E-state index contributed by atoms with van der Waals surface area (Å²) in [6.07, 6.45) is 3.42. The number of carbonyl (C=O) groups is 2. The van der Waals surface area contributed by atoms with Crippen molar-refractivity contribution in [2.75, 3.05) is 37.6 Å². The predicted molar refractivity (Wildman–Crippen MR) is 100 cm³/mol. The molecule has 0 radical (unpaired) electrons. The molecular formula is C18H21N5O4. The van der Waals surface area contributed by atoms with Gasteiger partial charge in [-0.2, -0.15) is 0 Å². The fourth-order valence-corrected chi connectivity index (χ4v) is 3.29. The minimum Gasteiger partial charge on any atom is -0.367 e. The van der Waals surface area contributed by atoms with E-state index in [1.165, 1.54) is 19.2 Å². The van der Waals surface area contributed by atoms with Gasteiger partial charge in [-0.05, 0) is 12.1 Å². The van der Waals surface area contributed by atoms with Crippen LogP contribution in [-0.4, -0.2) is 59.3 Å². The molecular weight excluding hydrogens is 350 g/mol. The van der Waals surface area contributed by atoms with Crippen LogP contribution in [0.1, 0.15) is 13.3 Å². The van der Waals surface area contributed by atoms with Crippen LogP contribution >= 0.6 is 0 Å². The summed E-state index contributed by atoms with van der Waals surface area (Å²) in [5, 5.41) is 15.2. The third kappa shape index (κ3) is 4.13. The Bertz CT molecular complexity index is 877. The van der Waals surface area contributed by atoms with Crippen LogP contribution in [0.3, 0.4) is 0 Å². The fourth-order valence-electron chi connectivity index (χ4n) is 3.29. The lowest BCUT2D eigenvalue weighted by atomic mass is 10.1. The second kappa shape index (κ2) is 7.98. The van der Waals surface area contributed by atoms with Crippen molar-refractivity contribution in [3.8, 4) is 0 Å². The Morgan fingerprint density at radius 2 is 1.93 bits per heavy atom. The summed E-state index contributed by atoms with van der Waals surface area (Å²) in [4.78, 5) is 41.9. The standard InChI is InChI=1S/C18H21N5O4/c1-13(24)20-7-5-18(25)22-10-8-21(9-11-22)16-2-3-17(23(26)27)15-12-19-6-4-14(15)16/h2-4,6,12H,5,7-11H2,1H3,(H,20,24). The topological polar surface area (TPSA) is 109 Å². The number of fused-ring (bicyclic) bond motifs is 1. The number of nitro groups is 1. The molecule has 2 amide bonds. The molecule has 1 aromatic heterocycles. The van der Waals surface area contributed by atoms with Gasteiger partial charge in [-0.25, -0.2) is 0 Å². The van der Waals surface area contributed by atoms with E-state index in [2.05, 4.69) is 15.2 Å². The zero-order valence-electron chi connectivity index (χ0n) is 15.1. The molecule has 9 nitrogen and oxygen atoms in total. The molecule has 1 aliphatic rings. The van der Waals surface area contributed by atoms with Gasteiger partial charge in [0.2, 0.25) is 11.8 Å². The molecule has 2 aromatic rings. The number of nitro benzene ring substituents is 1. The molecule has 9 heteroatoms. The zero-order chi connectivity index (χ0) is 19.4. The second-order valence-corrected chi connectivity index (χ2v) is 6.38. The van der Waals surface area contributed by atoms with Crippen LogP contribution in [0.4, 0.5) is 11.4 Å². The van der Waals surface area contributed by atoms with E-state index in [9.17, 15) is 19.7 Å². The molecule has 0 bridgehead atoms. The summed E-state index contributed by atoms with van der Waals surface area (Å²) < 4.78 is 0. The molecule has 27 heavy (non-hydrogen) atoms. The van der Waals surface area contributed by atoms with Crippen molar-refractivity contribution >= 4 is 34.0 Å². The molecule has 3 rings (SSSR count). The largest absolute Gasteiger partial charge is 0.367 e. The number of non-ortho nitro benzene ring substituents is 1. The number of amides is 2. The van der Waals surface area contributed by atoms with Gasteiger partial charge < -0.3 is 15.1 Å². The van der Waals surface area contributed by atoms with Crippen molar-refractivity contribution in [2.45, 2.75) is 13.3 Å². The first kappa shape index (κ1) is 18.6. The van der Waals surface area contributed by atoms with Crippen LogP contribution in [0, 0.1) is 10.1 Å². The summed E-state index contributed by atoms with van der Waals surface area (Å²) >= 11 is 0. The number of anilines is 1. The minimum absolute atomic E-state index is 0.0150. The van der Waals surface area contributed by atoms with E-state index in [0.717, 1.165) is 11.1 Å². The average Bonchev–Trinajstić information content (AvgIpc) is 2.66. The quantitative estimate of drug-likeness (QED) is 0.627. The van der Waals surface area contributed by atoms with Gasteiger partial charge in [0.15, 0.2) is 0 Å². The van der Waals surface area contributed by atoms with Gasteiger partial charge in [0, 0.05) is 75.6 Å². The lowest BCUT2D eigenvalue weighted by molar-refractivity contribution is -0.383. The van der Waals surface area contributed by atoms with Crippen LogP contribution in [0.25, 0.3) is 10.8 Å². The van der Waals surface area contributed by atoms with Gasteiger partial charge in [0.25, 0.3) is 5.69 Å². The van der Waals surface area contributed by atoms with Crippen molar-refractivity contribution in [1.82, 2.24) is 15.2 Å². The summed E-state index contributed by atoms with van der Waals surface area (Å²) in [5.74, 6) is -0.131. The van der Waals surface area contributed by atoms with Crippen LogP contribution in [0.15, 0.2) is 30.6 Å². The second-order valence-electron chi connectivity index (χ2n) is 6.38. The summed E-state index contributed by atoms with van der Waals surface area (Å²) in [5.41, 5.74) is 0.942. The Hall–Kier alpha value is -3.23. The number of benzene rings is 1. The molecule has 0 unspecified atom stereocenters. The molecule has 1 saturated heterocycles. The number of piperazine rings is 1. The Morgan fingerprint density at radius 3 is 2.59 bits per heavy atom. The van der Waals surface area contributed by atoms with Gasteiger partial charge in [-0.3, -0.25) is 24.7 Å². The predicted octanol–water partition coefficient (Wildman–Crippen LogP) is 1.32. The monoisotopic (exact) mass is 371 g/mol. The van der Waals surface area contributed by atoms with Crippen LogP contribution < -0.4 is 10.2 Å². The van der Waals surface area contributed by atoms with E-state index in [1.54, 1.807) is 23.2 Å². The molecule has 1 aromatic carbocycles. The third-order valence-electron chi connectivity index (χ3n) is 4.65. The first-order chi connectivity index (χ1) is 13.0. The van der Waals surface area contributed by atoms with Crippen molar-refractivity contribution in [1.29, 1.82) is 0 Å². The van der Waals surface area contributed by atoms with Gasteiger partial charge in [0.1, 0.15) is 0 Å². The highest BCUT2D eigenvalue weighted by atomic mass is 16.6. The van der Waals surface area contributed by atoms with Gasteiger partial charge in [-0.15, -0.1) is 0 Å². The fraction of sp³-hybridized carbons (Fsp3) is 0.389. The van der Waals surface area contributed by atoms with Crippen molar-refractivity contribution in [3.63, 3.8) is 0 Å². The van der Waals surface area contributed by atoms with E-state index in [1.807, 2.05) is 0 Å². The molecule has 0 spiro atoms. The molecule has 2 heterocycles. The van der Waals surface area contributed by atoms with Gasteiger partial charge >= 0.3 is 0 Å². The SMILES string of the molecule is CC(=O)NCCC(=O)N1CCN(c2ccc([N+](=O)[O-])c3cnccc23)CC1. The molecule has 0 aliphatic carbocycles. The Morgan fingerprint density at radius 1 is 1.19 bits per heavy atom. The zero-order valence-corrected chi connectivity index (χ0v) is 15.1. The number of aromatic nitrogens is 1. The Kier molecular flexibility index (Phi) is 5.49. The van der Waals surface area contributed by atoms with Crippen LogP contribution in [0.5, 0.6) is 0 Å². The van der Waals surface area contributed by atoms with Crippen molar-refractivity contribution in [3.05, 3.63) is 40.7 Å². The first-order valence-electron chi connectivity index (χ1n) is 8.75. The molecule has 1 aliphatic heterocycles. The number of pyridine rings is 1. The Balaban J connectivity index is 1.70. The maximum atomic E-state index is 12.2. The third-order valence-corrected chi connectivity index (χ3v) is 4.65. The lowest BCUT2D eigenvalue weighted by Crippen LogP contribution is -2.49. The van der Waals surface area contributed by atoms with Crippen molar-refractivity contribution < 1.29 is 14.5 Å².